The molecule has 0 atom stereocenters. The summed E-state index contributed by atoms with van der Waals surface area (Å²) in [5.41, 5.74) is 0.672. The number of amides is 1. The minimum absolute atomic E-state index is 0.0134. The fourth-order valence-corrected chi connectivity index (χ4v) is 3.02. The van der Waals surface area contributed by atoms with Gasteiger partial charge in [-0.05, 0) is 42.5 Å². The molecule has 0 bridgehead atoms. The van der Waals surface area contributed by atoms with Crippen LogP contribution < -0.4 is 5.32 Å². The summed E-state index contributed by atoms with van der Waals surface area (Å²) in [6.45, 7) is 0. The van der Waals surface area contributed by atoms with Crippen molar-refractivity contribution in [3.63, 3.8) is 0 Å². The predicted octanol–water partition coefficient (Wildman–Crippen LogP) is 5.05. The van der Waals surface area contributed by atoms with Crippen LogP contribution in [0.4, 0.5) is 23.2 Å². The fourth-order valence-electron chi connectivity index (χ4n) is 3.02. The van der Waals surface area contributed by atoms with Crippen molar-refractivity contribution < 1.29 is 22.4 Å². The van der Waals surface area contributed by atoms with Crippen LogP contribution >= 0.6 is 0 Å². The van der Waals surface area contributed by atoms with Gasteiger partial charge in [-0.15, -0.1) is 0 Å². The van der Waals surface area contributed by atoms with E-state index in [1.165, 1.54) is 47.3 Å². The molecule has 2 aromatic carbocycles. The second-order valence-electron chi connectivity index (χ2n) is 6.59. The summed E-state index contributed by atoms with van der Waals surface area (Å²) in [5.74, 6) is -1.18. The second kappa shape index (κ2) is 7.25. The molecule has 4 rings (SSSR count). The maximum absolute atomic E-state index is 14.5. The average Bonchev–Trinajstić information content (AvgIpc) is 3.14. The first-order valence-corrected chi connectivity index (χ1v) is 8.80. The van der Waals surface area contributed by atoms with Gasteiger partial charge in [-0.1, -0.05) is 12.1 Å². The van der Waals surface area contributed by atoms with E-state index in [-0.39, 0.29) is 11.4 Å². The zero-order chi connectivity index (χ0) is 21.5. The van der Waals surface area contributed by atoms with Crippen molar-refractivity contribution in [2.75, 3.05) is 5.32 Å². The molecule has 0 aliphatic carbocycles. The van der Waals surface area contributed by atoms with Crippen LogP contribution in [0.1, 0.15) is 16.1 Å². The van der Waals surface area contributed by atoms with Crippen molar-refractivity contribution >= 4 is 22.5 Å². The Labute approximate surface area is 168 Å². The van der Waals surface area contributed by atoms with Crippen LogP contribution in [-0.2, 0) is 13.2 Å². The van der Waals surface area contributed by atoms with Crippen LogP contribution in [0, 0.1) is 5.82 Å². The molecule has 5 nitrogen and oxygen atoms in total. The van der Waals surface area contributed by atoms with Crippen LogP contribution in [0.25, 0.3) is 22.2 Å². The molecule has 0 spiro atoms. The SMILES string of the molecule is Cn1nccc1C(=O)Nc1ccc(-c2ccc3cc(C(F)(F)F)ccc3n2)cc1F. The van der Waals surface area contributed by atoms with E-state index in [1.807, 2.05) is 0 Å². The van der Waals surface area contributed by atoms with Crippen LogP contribution in [0.15, 0.2) is 60.8 Å². The van der Waals surface area contributed by atoms with Gasteiger partial charge < -0.3 is 5.32 Å². The first-order valence-electron chi connectivity index (χ1n) is 8.80. The van der Waals surface area contributed by atoms with Crippen molar-refractivity contribution in [2.24, 2.45) is 7.05 Å². The topological polar surface area (TPSA) is 59.8 Å². The summed E-state index contributed by atoms with van der Waals surface area (Å²) in [6.07, 6.45) is -2.98. The number of carbonyl (C=O) groups excluding carboxylic acids is 1. The number of anilines is 1. The van der Waals surface area contributed by atoms with Gasteiger partial charge in [0, 0.05) is 24.2 Å². The number of aryl methyl sites for hydroxylation is 1. The van der Waals surface area contributed by atoms with E-state index in [2.05, 4.69) is 15.4 Å². The third kappa shape index (κ3) is 3.73. The Balaban J connectivity index is 1.61. The summed E-state index contributed by atoms with van der Waals surface area (Å²) >= 11 is 0. The molecule has 9 heteroatoms. The number of benzene rings is 2. The van der Waals surface area contributed by atoms with E-state index < -0.39 is 23.5 Å². The minimum atomic E-state index is -4.44. The average molecular weight is 414 g/mol. The summed E-state index contributed by atoms with van der Waals surface area (Å²) in [7, 11) is 1.59. The number of alkyl halides is 3. The van der Waals surface area contributed by atoms with E-state index in [0.29, 0.717) is 22.2 Å². The van der Waals surface area contributed by atoms with Gasteiger partial charge in [0.25, 0.3) is 5.91 Å². The Bertz CT molecular complexity index is 1260. The first kappa shape index (κ1) is 19.6. The van der Waals surface area contributed by atoms with Crippen LogP contribution in [-0.4, -0.2) is 20.7 Å². The second-order valence-corrected chi connectivity index (χ2v) is 6.59. The van der Waals surface area contributed by atoms with Gasteiger partial charge in [0.2, 0.25) is 0 Å². The number of nitrogens with zero attached hydrogens (tertiary/aromatic N) is 3. The lowest BCUT2D eigenvalue weighted by molar-refractivity contribution is -0.137. The standard InChI is InChI=1S/C21H14F4N4O/c1-29-19(8-9-26-29)20(30)28-18-6-3-13(11-15(18)22)16-5-2-12-10-14(21(23,24)25)4-7-17(12)27-16/h2-11H,1H3,(H,28,30). The van der Waals surface area contributed by atoms with Crippen LogP contribution in [0.5, 0.6) is 0 Å². The number of hydrogen-bond acceptors (Lipinski definition) is 3. The first-order chi connectivity index (χ1) is 14.2. The van der Waals surface area contributed by atoms with Crippen molar-refractivity contribution in [1.82, 2.24) is 14.8 Å². The largest absolute Gasteiger partial charge is 0.416 e. The third-order valence-electron chi connectivity index (χ3n) is 4.58. The zero-order valence-corrected chi connectivity index (χ0v) is 15.5. The molecule has 0 unspecified atom stereocenters. The number of halogens is 4. The highest BCUT2D eigenvalue weighted by atomic mass is 19.4. The van der Waals surface area contributed by atoms with Crippen LogP contribution in [0.2, 0.25) is 0 Å². The normalized spacial score (nSPS) is 11.6. The number of carbonyl (C=O) groups is 1. The lowest BCUT2D eigenvalue weighted by Crippen LogP contribution is -2.16. The van der Waals surface area contributed by atoms with Gasteiger partial charge >= 0.3 is 6.18 Å². The van der Waals surface area contributed by atoms with E-state index in [4.69, 9.17) is 0 Å². The molecule has 4 aromatic rings. The Hall–Kier alpha value is -3.75. The van der Waals surface area contributed by atoms with E-state index in [9.17, 15) is 22.4 Å². The molecule has 1 amide bonds. The summed E-state index contributed by atoms with van der Waals surface area (Å²) < 4.78 is 54.5. The lowest BCUT2D eigenvalue weighted by Gasteiger charge is -2.10. The van der Waals surface area contributed by atoms with Crippen molar-refractivity contribution in [3.8, 4) is 11.3 Å². The number of hydrogen-bond donors (Lipinski definition) is 1. The molecular weight excluding hydrogens is 400 g/mol. The van der Waals surface area contributed by atoms with E-state index in [1.54, 1.807) is 13.1 Å². The van der Waals surface area contributed by atoms with Gasteiger partial charge in [-0.2, -0.15) is 18.3 Å². The molecular formula is C21H14F4N4O. The number of fused-ring (bicyclic) bond motifs is 1. The van der Waals surface area contributed by atoms with Crippen molar-refractivity contribution in [3.05, 3.63) is 77.9 Å². The van der Waals surface area contributed by atoms with E-state index >= 15 is 0 Å². The number of rotatable bonds is 3. The molecule has 1 N–H and O–H groups in total. The quantitative estimate of drug-likeness (QED) is 0.478. The Morgan fingerprint density at radius 1 is 1.03 bits per heavy atom. The maximum atomic E-state index is 14.5. The third-order valence-corrected chi connectivity index (χ3v) is 4.58. The van der Waals surface area contributed by atoms with Gasteiger partial charge in [0.1, 0.15) is 11.5 Å². The molecule has 2 heterocycles. The van der Waals surface area contributed by atoms with E-state index in [0.717, 1.165) is 12.1 Å². The van der Waals surface area contributed by atoms with Gasteiger partial charge in [-0.25, -0.2) is 9.37 Å². The Morgan fingerprint density at radius 2 is 1.83 bits per heavy atom. The minimum Gasteiger partial charge on any atom is -0.318 e. The fraction of sp³-hybridized carbons (Fsp3) is 0.0952. The summed E-state index contributed by atoms with van der Waals surface area (Å²) in [5, 5.41) is 6.70. The predicted molar refractivity (Wildman–Crippen MR) is 103 cm³/mol. The molecule has 0 saturated carbocycles. The smallest absolute Gasteiger partial charge is 0.318 e. The summed E-state index contributed by atoms with van der Waals surface area (Å²) in [4.78, 5) is 16.5. The van der Waals surface area contributed by atoms with Crippen molar-refractivity contribution in [1.29, 1.82) is 0 Å². The molecule has 30 heavy (non-hydrogen) atoms. The molecule has 152 valence electrons. The Kier molecular flexibility index (Phi) is 4.73. The highest BCUT2D eigenvalue weighted by Crippen LogP contribution is 2.32. The zero-order valence-electron chi connectivity index (χ0n) is 15.5. The number of nitrogens with one attached hydrogen (secondary N) is 1. The number of aromatic nitrogens is 3. The molecule has 0 radical (unpaired) electrons. The van der Waals surface area contributed by atoms with Crippen LogP contribution in [0.3, 0.4) is 0 Å². The molecule has 0 saturated heterocycles. The molecule has 2 aromatic heterocycles. The lowest BCUT2D eigenvalue weighted by atomic mass is 10.1. The van der Waals surface area contributed by atoms with Gasteiger partial charge in [0.15, 0.2) is 0 Å². The van der Waals surface area contributed by atoms with Gasteiger partial charge in [0.05, 0.1) is 22.5 Å². The highest BCUT2D eigenvalue weighted by Gasteiger charge is 2.30. The molecule has 0 fully saturated rings. The highest BCUT2D eigenvalue weighted by molar-refractivity contribution is 6.03. The monoisotopic (exact) mass is 414 g/mol. The number of pyridine rings is 1. The van der Waals surface area contributed by atoms with Crippen molar-refractivity contribution in [2.45, 2.75) is 6.18 Å². The Morgan fingerprint density at radius 3 is 2.50 bits per heavy atom. The summed E-state index contributed by atoms with van der Waals surface area (Å²) in [6, 6.07) is 12.0. The molecule has 0 aliphatic heterocycles. The molecule has 0 aliphatic rings. The van der Waals surface area contributed by atoms with Gasteiger partial charge in [-0.3, -0.25) is 9.48 Å². The maximum Gasteiger partial charge on any atom is 0.416 e.